The van der Waals surface area contributed by atoms with E-state index in [1.807, 2.05) is 18.5 Å². The number of rotatable bonds is 8. The van der Waals surface area contributed by atoms with Gasteiger partial charge in [0.25, 0.3) is 0 Å². The number of para-hydroxylation sites is 2. The Labute approximate surface area is 406 Å². The summed E-state index contributed by atoms with van der Waals surface area (Å²) >= 11 is 0.00186. The van der Waals surface area contributed by atoms with Crippen molar-refractivity contribution in [2.75, 3.05) is 21.4 Å². The van der Waals surface area contributed by atoms with E-state index in [0.29, 0.717) is 6.67 Å². The van der Waals surface area contributed by atoms with Gasteiger partial charge in [0.1, 0.15) is 0 Å². The summed E-state index contributed by atoms with van der Waals surface area (Å²) in [5.41, 5.74) is 15.0. The van der Waals surface area contributed by atoms with Crippen molar-refractivity contribution in [2.45, 2.75) is 52.4 Å². The minimum atomic E-state index is -0.0552. The van der Waals surface area contributed by atoms with E-state index in [9.17, 15) is 0 Å². The molecule has 9 aromatic rings. The molecule has 0 fully saturated rings. The molecule has 0 bridgehead atoms. The fourth-order valence-electron chi connectivity index (χ4n) is 9.27. The van der Waals surface area contributed by atoms with Gasteiger partial charge in [-0.3, -0.25) is 0 Å². The quantitative estimate of drug-likeness (QED) is 0.141. The number of hydrogen-bond donors (Lipinski definition) is 0. The third-order valence-corrected chi connectivity index (χ3v) is 15.2. The van der Waals surface area contributed by atoms with Gasteiger partial charge in [0, 0.05) is 11.1 Å². The van der Waals surface area contributed by atoms with E-state index in [4.69, 9.17) is 14.7 Å². The van der Waals surface area contributed by atoms with Gasteiger partial charge in [0.05, 0.1) is 0 Å². The van der Waals surface area contributed by atoms with Gasteiger partial charge >= 0.3 is 276 Å². The molecule has 0 unspecified atom stereocenters. The van der Waals surface area contributed by atoms with Gasteiger partial charge in [-0.05, 0) is 34.2 Å². The summed E-state index contributed by atoms with van der Waals surface area (Å²) in [6.07, 6.45) is 3.91. The molecule has 4 heterocycles. The molecule has 0 atom stereocenters. The summed E-state index contributed by atoms with van der Waals surface area (Å²) < 4.78 is 9.33. The van der Waals surface area contributed by atoms with E-state index in [1.165, 1.54) is 48.0 Å². The first kappa shape index (κ1) is 43.1. The third kappa shape index (κ3) is 8.23. The molecular weight excluding hydrogens is 898 g/mol. The van der Waals surface area contributed by atoms with Crippen molar-refractivity contribution < 1.29 is 4.74 Å². The van der Waals surface area contributed by atoms with Crippen LogP contribution in [0.15, 0.2) is 200 Å². The van der Waals surface area contributed by atoms with Crippen LogP contribution in [0, 0.1) is 0 Å². The van der Waals surface area contributed by atoms with Crippen molar-refractivity contribution in [3.05, 3.63) is 212 Å². The molecule has 0 amide bonds. The average Bonchev–Trinajstić information content (AvgIpc) is 3.75. The Morgan fingerprint density at radius 1 is 0.471 bits per heavy atom. The van der Waals surface area contributed by atoms with Gasteiger partial charge in [-0.1, -0.05) is 87.5 Å². The van der Waals surface area contributed by atoms with Crippen molar-refractivity contribution in [1.29, 1.82) is 0 Å². The van der Waals surface area contributed by atoms with Crippen LogP contribution in [0.4, 0.5) is 40.1 Å². The van der Waals surface area contributed by atoms with Gasteiger partial charge in [-0.25, -0.2) is 0 Å². The zero-order valence-corrected chi connectivity index (χ0v) is 41.0. The number of fused-ring (bicyclic) bond motifs is 3. The van der Waals surface area contributed by atoms with Crippen LogP contribution in [-0.2, 0) is 10.8 Å². The second kappa shape index (κ2) is 17.3. The van der Waals surface area contributed by atoms with E-state index in [-0.39, 0.29) is 25.8 Å². The Kier molecular flexibility index (Phi) is 11.0. The number of benzene rings is 7. The van der Waals surface area contributed by atoms with Gasteiger partial charge < -0.3 is 0 Å². The maximum absolute atomic E-state index is 6.87. The van der Waals surface area contributed by atoms with Crippen LogP contribution < -0.4 is 28.4 Å². The van der Waals surface area contributed by atoms with Crippen molar-refractivity contribution >= 4 is 64.0 Å². The molecule has 0 saturated heterocycles. The number of ether oxygens (including phenoxy) is 1. The van der Waals surface area contributed by atoms with E-state index < -0.39 is 0 Å². The number of anilines is 7. The van der Waals surface area contributed by atoms with E-state index in [1.54, 1.807) is 0 Å². The van der Waals surface area contributed by atoms with Gasteiger partial charge in [-0.15, -0.1) is 0 Å². The molecule has 0 saturated carbocycles. The second-order valence-electron chi connectivity index (χ2n) is 19.6. The zero-order valence-electron chi connectivity index (χ0n) is 39.3. The van der Waals surface area contributed by atoms with E-state index in [2.05, 4.69) is 238 Å². The molecule has 2 aromatic heterocycles. The zero-order chi connectivity index (χ0) is 46.6. The molecule has 11 rings (SSSR count). The SMILES string of the molecule is CC(C)(C)c1ccnc(N2c3cc(Oc4cccc(N5CN(c6c(-c7ccccc7)cc(C(C)(C)C)cc6-c6ccccc6)c6ccccc65)c4)ccc3[Se]c3cc(-c4ccccc4)cnc32)c1. The molecule has 2 aliphatic rings. The van der Waals surface area contributed by atoms with Crippen LogP contribution >= 0.6 is 0 Å². The van der Waals surface area contributed by atoms with E-state index in [0.717, 1.165) is 57.0 Å². The predicted molar refractivity (Wildman–Crippen MR) is 284 cm³/mol. The summed E-state index contributed by atoms with van der Waals surface area (Å²) in [6, 6.07) is 67.4. The van der Waals surface area contributed by atoms with Gasteiger partial charge in [0.15, 0.2) is 0 Å². The molecule has 0 aliphatic carbocycles. The Hall–Kier alpha value is -7.44. The molecule has 334 valence electrons. The number of nitrogens with zero attached hydrogens (tertiary/aromatic N) is 5. The predicted octanol–water partition coefficient (Wildman–Crippen LogP) is 14.6. The average molecular weight is 951 g/mol. The van der Waals surface area contributed by atoms with Crippen LogP contribution in [0.2, 0.25) is 0 Å². The summed E-state index contributed by atoms with van der Waals surface area (Å²) in [5.74, 6) is 3.26. The number of hydrogen-bond acceptors (Lipinski definition) is 6. The Balaban J connectivity index is 0.965. The molecule has 7 heteroatoms. The van der Waals surface area contributed by atoms with E-state index >= 15 is 0 Å². The Morgan fingerprint density at radius 2 is 1.07 bits per heavy atom. The molecule has 0 radical (unpaired) electrons. The fraction of sp³-hybridized carbons (Fsp3) is 0.148. The summed E-state index contributed by atoms with van der Waals surface area (Å²) in [7, 11) is 0. The Bertz CT molecular complexity index is 3250. The van der Waals surface area contributed by atoms with Crippen molar-refractivity contribution in [3.8, 4) is 44.9 Å². The molecular formula is C61H53N5OSe. The normalized spacial score (nSPS) is 13.2. The molecule has 6 nitrogen and oxygen atoms in total. The minimum absolute atomic E-state index is 0.00186. The monoisotopic (exact) mass is 951 g/mol. The molecule has 2 aliphatic heterocycles. The van der Waals surface area contributed by atoms with Gasteiger partial charge in [0.2, 0.25) is 0 Å². The first-order valence-electron chi connectivity index (χ1n) is 23.3. The topological polar surface area (TPSA) is 44.7 Å². The van der Waals surface area contributed by atoms with Crippen LogP contribution in [-0.4, -0.2) is 31.6 Å². The standard InChI is InChI=1S/C61H53N5OSe/c1-60(2,3)45-31-32-62-57(36-45)66-54-38-49(29-30-55(54)68-56-33-44(39-63-59(56)66)41-19-10-7-11-20-41)67-48-26-18-25-47(37-48)64-40-65(53-28-17-16-27-52(53)64)58-50(42-21-12-8-13-22-42)34-46(61(4,5)6)35-51(58)43-23-14-9-15-24-43/h7-39H,40H2,1-6H3. The Morgan fingerprint density at radius 3 is 1.72 bits per heavy atom. The summed E-state index contributed by atoms with van der Waals surface area (Å²) in [4.78, 5) is 17.3. The summed E-state index contributed by atoms with van der Waals surface area (Å²) in [5, 5.41) is 0. The van der Waals surface area contributed by atoms with Crippen LogP contribution in [0.3, 0.4) is 0 Å². The third-order valence-electron chi connectivity index (χ3n) is 12.9. The van der Waals surface area contributed by atoms with Crippen molar-refractivity contribution in [3.63, 3.8) is 0 Å². The fourth-order valence-corrected chi connectivity index (χ4v) is 11.5. The summed E-state index contributed by atoms with van der Waals surface area (Å²) in [6.45, 7) is 14.2. The number of aromatic nitrogens is 2. The van der Waals surface area contributed by atoms with Crippen LogP contribution in [0.5, 0.6) is 11.5 Å². The first-order valence-corrected chi connectivity index (χ1v) is 25.0. The number of pyridine rings is 2. The van der Waals surface area contributed by atoms with Crippen molar-refractivity contribution in [1.82, 2.24) is 9.97 Å². The second-order valence-corrected chi connectivity index (χ2v) is 21.9. The van der Waals surface area contributed by atoms with Crippen LogP contribution in [0.1, 0.15) is 52.7 Å². The van der Waals surface area contributed by atoms with Crippen molar-refractivity contribution in [2.24, 2.45) is 0 Å². The molecule has 7 aromatic carbocycles. The first-order chi connectivity index (χ1) is 33.0. The maximum atomic E-state index is 6.87. The van der Waals surface area contributed by atoms with Crippen LogP contribution in [0.25, 0.3) is 33.4 Å². The molecule has 0 N–H and O–H groups in total. The molecule has 0 spiro atoms. The molecule has 68 heavy (non-hydrogen) atoms. The van der Waals surface area contributed by atoms with Gasteiger partial charge in [-0.2, -0.15) is 0 Å².